The Morgan fingerprint density at radius 2 is 1.33 bits per heavy atom. The Labute approximate surface area is 166 Å². The van der Waals surface area contributed by atoms with Crippen LogP contribution in [0.1, 0.15) is 99.3 Å². The van der Waals surface area contributed by atoms with Crippen LogP contribution in [-0.2, 0) is 14.3 Å². The number of aliphatic carboxylic acids is 1. The number of hydrogen-bond acceptors (Lipinski definition) is 3. The van der Waals surface area contributed by atoms with E-state index in [1.807, 2.05) is 6.92 Å². The number of rotatable bonds is 15. The standard InChI is InChI=1S/C23H42O4/c1-17(2)10-7-11-18(3)12-8-13-19(4)14-9-15-20(5)16-22(24)27-21(6)23(25)26/h16-19,21H,7-15H2,1-6H3,(H,25,26)/b20-16+/t18-,19-,21?/m1/s1. The van der Waals surface area contributed by atoms with Crippen LogP contribution < -0.4 is 0 Å². The van der Waals surface area contributed by atoms with Gasteiger partial charge in [0, 0.05) is 6.08 Å². The van der Waals surface area contributed by atoms with Gasteiger partial charge in [0.15, 0.2) is 6.10 Å². The van der Waals surface area contributed by atoms with Gasteiger partial charge in [-0.2, -0.15) is 0 Å². The van der Waals surface area contributed by atoms with Crippen LogP contribution in [0.15, 0.2) is 11.6 Å². The minimum atomic E-state index is -1.13. The van der Waals surface area contributed by atoms with Crippen LogP contribution in [0.4, 0.5) is 0 Å². The van der Waals surface area contributed by atoms with Crippen LogP contribution in [0.25, 0.3) is 0 Å². The summed E-state index contributed by atoms with van der Waals surface area (Å²) in [5.41, 5.74) is 0.948. The maximum absolute atomic E-state index is 11.6. The molecular formula is C23H42O4. The van der Waals surface area contributed by atoms with E-state index in [4.69, 9.17) is 9.84 Å². The number of esters is 1. The lowest BCUT2D eigenvalue weighted by atomic mass is 9.91. The third-order valence-corrected chi connectivity index (χ3v) is 5.15. The Morgan fingerprint density at radius 1 is 0.852 bits per heavy atom. The lowest BCUT2D eigenvalue weighted by Gasteiger charge is -2.15. The lowest BCUT2D eigenvalue weighted by molar-refractivity contribution is -0.159. The van der Waals surface area contributed by atoms with E-state index >= 15 is 0 Å². The fraction of sp³-hybridized carbons (Fsp3) is 0.826. The van der Waals surface area contributed by atoms with E-state index < -0.39 is 18.0 Å². The third-order valence-electron chi connectivity index (χ3n) is 5.15. The molecule has 0 rings (SSSR count). The smallest absolute Gasteiger partial charge is 0.344 e. The molecule has 0 spiro atoms. The van der Waals surface area contributed by atoms with E-state index in [-0.39, 0.29) is 0 Å². The summed E-state index contributed by atoms with van der Waals surface area (Å²) in [6.07, 6.45) is 11.3. The molecule has 0 aromatic heterocycles. The monoisotopic (exact) mass is 382 g/mol. The minimum Gasteiger partial charge on any atom is -0.479 e. The average molecular weight is 383 g/mol. The number of allylic oxidation sites excluding steroid dienone is 1. The highest BCUT2D eigenvalue weighted by Crippen LogP contribution is 2.22. The van der Waals surface area contributed by atoms with Gasteiger partial charge in [-0.15, -0.1) is 0 Å². The molecule has 0 saturated carbocycles. The summed E-state index contributed by atoms with van der Waals surface area (Å²) in [5.74, 6) is 0.663. The average Bonchev–Trinajstić information content (AvgIpc) is 2.54. The SMILES string of the molecule is C/C(=C\C(=O)OC(C)C(=O)O)CCC[C@H](C)CCC[C@H](C)CCCC(C)C. The molecule has 0 aromatic rings. The maximum Gasteiger partial charge on any atom is 0.344 e. The molecule has 27 heavy (non-hydrogen) atoms. The molecule has 0 saturated heterocycles. The quantitative estimate of drug-likeness (QED) is 0.263. The van der Waals surface area contributed by atoms with Gasteiger partial charge in [0.25, 0.3) is 0 Å². The van der Waals surface area contributed by atoms with Gasteiger partial charge in [-0.05, 0) is 44.4 Å². The van der Waals surface area contributed by atoms with Gasteiger partial charge in [-0.3, -0.25) is 0 Å². The van der Waals surface area contributed by atoms with Gasteiger partial charge in [0.1, 0.15) is 0 Å². The number of ether oxygens (including phenoxy) is 1. The fourth-order valence-corrected chi connectivity index (χ4v) is 3.24. The molecule has 158 valence electrons. The lowest BCUT2D eigenvalue weighted by Crippen LogP contribution is -2.22. The number of hydrogen-bond donors (Lipinski definition) is 1. The molecule has 1 unspecified atom stereocenters. The number of carboxylic acids is 1. The number of carboxylic acid groups (broad SMARTS) is 1. The Hall–Kier alpha value is -1.32. The predicted molar refractivity (Wildman–Crippen MR) is 112 cm³/mol. The van der Waals surface area contributed by atoms with Crippen molar-refractivity contribution in [2.75, 3.05) is 0 Å². The Morgan fingerprint density at radius 3 is 1.81 bits per heavy atom. The van der Waals surface area contributed by atoms with Crippen molar-refractivity contribution >= 4 is 11.9 Å². The van der Waals surface area contributed by atoms with Crippen LogP contribution in [0.3, 0.4) is 0 Å². The van der Waals surface area contributed by atoms with Crippen molar-refractivity contribution in [3.63, 3.8) is 0 Å². The second-order valence-corrected chi connectivity index (χ2v) is 8.77. The Kier molecular flexibility index (Phi) is 14.0. The van der Waals surface area contributed by atoms with Crippen molar-refractivity contribution in [3.05, 3.63) is 11.6 Å². The van der Waals surface area contributed by atoms with Crippen LogP contribution in [-0.4, -0.2) is 23.1 Å². The highest BCUT2D eigenvalue weighted by molar-refractivity contribution is 5.85. The van der Waals surface area contributed by atoms with Gasteiger partial charge in [0.05, 0.1) is 0 Å². The largest absolute Gasteiger partial charge is 0.479 e. The molecule has 0 fully saturated rings. The summed E-state index contributed by atoms with van der Waals surface area (Å²) < 4.78 is 4.81. The molecule has 0 aliphatic carbocycles. The Bertz CT molecular complexity index is 453. The van der Waals surface area contributed by atoms with E-state index in [1.54, 1.807) is 0 Å². The predicted octanol–water partition coefficient (Wildman–Crippen LogP) is 6.39. The summed E-state index contributed by atoms with van der Waals surface area (Å²) in [6.45, 7) is 12.5. The zero-order chi connectivity index (χ0) is 20.8. The molecular weight excluding hydrogens is 340 g/mol. The molecule has 1 N–H and O–H groups in total. The summed E-state index contributed by atoms with van der Waals surface area (Å²) in [6, 6.07) is 0. The van der Waals surface area contributed by atoms with Crippen LogP contribution in [0, 0.1) is 17.8 Å². The number of carbonyl (C=O) groups is 2. The van der Waals surface area contributed by atoms with Gasteiger partial charge in [0.2, 0.25) is 0 Å². The third kappa shape index (κ3) is 15.4. The number of carbonyl (C=O) groups excluding carboxylic acids is 1. The molecule has 0 amide bonds. The molecule has 4 nitrogen and oxygen atoms in total. The normalized spacial score (nSPS) is 15.4. The van der Waals surface area contributed by atoms with Gasteiger partial charge >= 0.3 is 11.9 Å². The zero-order valence-electron chi connectivity index (χ0n) is 18.4. The van der Waals surface area contributed by atoms with Crippen LogP contribution in [0.2, 0.25) is 0 Å². The minimum absolute atomic E-state index is 0.568. The zero-order valence-corrected chi connectivity index (χ0v) is 18.4. The topological polar surface area (TPSA) is 63.6 Å². The highest BCUT2D eigenvalue weighted by Gasteiger charge is 2.14. The molecule has 0 bridgehead atoms. The first-order chi connectivity index (χ1) is 12.6. The van der Waals surface area contributed by atoms with Crippen LogP contribution in [0.5, 0.6) is 0 Å². The fourth-order valence-electron chi connectivity index (χ4n) is 3.24. The summed E-state index contributed by atoms with van der Waals surface area (Å²) in [4.78, 5) is 22.3. The molecule has 0 aliphatic rings. The van der Waals surface area contributed by atoms with Crippen molar-refractivity contribution < 1.29 is 19.4 Å². The molecule has 0 aromatic carbocycles. The summed E-state index contributed by atoms with van der Waals surface area (Å²) >= 11 is 0. The van der Waals surface area contributed by atoms with Crippen molar-refractivity contribution in [3.8, 4) is 0 Å². The summed E-state index contributed by atoms with van der Waals surface area (Å²) in [7, 11) is 0. The second-order valence-electron chi connectivity index (χ2n) is 8.77. The van der Waals surface area contributed by atoms with Gasteiger partial charge in [-0.1, -0.05) is 78.2 Å². The van der Waals surface area contributed by atoms with E-state index in [2.05, 4.69) is 27.7 Å². The molecule has 0 radical (unpaired) electrons. The van der Waals surface area contributed by atoms with E-state index in [0.29, 0.717) is 5.92 Å². The first kappa shape index (κ1) is 25.7. The molecule has 0 aliphatic heterocycles. The molecule has 0 heterocycles. The van der Waals surface area contributed by atoms with Crippen molar-refractivity contribution in [2.24, 2.45) is 17.8 Å². The molecule has 4 heteroatoms. The Balaban J connectivity index is 3.86. The van der Waals surface area contributed by atoms with E-state index in [1.165, 1.54) is 51.5 Å². The summed E-state index contributed by atoms with van der Waals surface area (Å²) in [5, 5.41) is 8.74. The maximum atomic E-state index is 11.6. The first-order valence-corrected chi connectivity index (χ1v) is 10.7. The van der Waals surface area contributed by atoms with Crippen molar-refractivity contribution in [1.82, 2.24) is 0 Å². The van der Waals surface area contributed by atoms with Gasteiger partial charge < -0.3 is 9.84 Å². The van der Waals surface area contributed by atoms with Gasteiger partial charge in [-0.25, -0.2) is 9.59 Å². The first-order valence-electron chi connectivity index (χ1n) is 10.7. The van der Waals surface area contributed by atoms with E-state index in [0.717, 1.165) is 36.7 Å². The second kappa shape index (κ2) is 14.7. The van der Waals surface area contributed by atoms with Crippen molar-refractivity contribution in [1.29, 1.82) is 0 Å². The molecule has 3 atom stereocenters. The van der Waals surface area contributed by atoms with Crippen LogP contribution >= 0.6 is 0 Å². The van der Waals surface area contributed by atoms with E-state index in [9.17, 15) is 9.59 Å². The highest BCUT2D eigenvalue weighted by atomic mass is 16.6. The van der Waals surface area contributed by atoms with Crippen molar-refractivity contribution in [2.45, 2.75) is 105 Å².